The molecular formula is C25H27N5O3. The number of hydrogen-bond acceptors (Lipinski definition) is 6. The van der Waals surface area contributed by atoms with Gasteiger partial charge in [-0.1, -0.05) is 17.3 Å². The van der Waals surface area contributed by atoms with Gasteiger partial charge in [-0.3, -0.25) is 9.69 Å². The van der Waals surface area contributed by atoms with Crippen LogP contribution in [0.2, 0.25) is 0 Å². The van der Waals surface area contributed by atoms with Crippen LogP contribution in [0.3, 0.4) is 0 Å². The number of carbonyl (C=O) groups is 1. The number of hydrogen-bond donors (Lipinski definition) is 0. The number of ether oxygens (including phenoxy) is 1. The minimum atomic E-state index is -0.127. The van der Waals surface area contributed by atoms with Crippen molar-refractivity contribution in [1.29, 1.82) is 0 Å². The zero-order chi connectivity index (χ0) is 23.2. The number of benzene rings is 2. The van der Waals surface area contributed by atoms with Crippen molar-refractivity contribution in [2.45, 2.75) is 31.3 Å². The average molecular weight is 446 g/mol. The van der Waals surface area contributed by atoms with Crippen LogP contribution in [0.25, 0.3) is 5.69 Å². The molecule has 170 valence electrons. The average Bonchev–Trinajstić information content (AvgIpc) is 3.57. The van der Waals surface area contributed by atoms with Crippen LogP contribution in [-0.2, 0) is 18.5 Å². The van der Waals surface area contributed by atoms with Crippen molar-refractivity contribution in [3.8, 4) is 11.4 Å². The van der Waals surface area contributed by atoms with Crippen LogP contribution in [0.15, 0.2) is 53.7 Å². The number of anilines is 1. The third-order valence-electron chi connectivity index (χ3n) is 6.93. The quantitative estimate of drug-likeness (QED) is 0.516. The van der Waals surface area contributed by atoms with Gasteiger partial charge in [0.05, 0.1) is 18.5 Å². The normalized spacial score (nSPS) is 16.6. The second kappa shape index (κ2) is 8.12. The van der Waals surface area contributed by atoms with Gasteiger partial charge in [0.2, 0.25) is 0 Å². The zero-order valence-electron chi connectivity index (χ0n) is 19.1. The number of rotatable bonds is 7. The van der Waals surface area contributed by atoms with Crippen molar-refractivity contribution in [2.75, 3.05) is 32.6 Å². The summed E-state index contributed by atoms with van der Waals surface area (Å²) in [6.07, 6.45) is 2.92. The highest BCUT2D eigenvalue weighted by atomic mass is 16.5. The summed E-state index contributed by atoms with van der Waals surface area (Å²) < 4.78 is 6.87. The number of nitroso groups, excluding NO2 is 1. The van der Waals surface area contributed by atoms with Gasteiger partial charge in [-0.05, 0) is 75.3 Å². The molecule has 1 saturated carbocycles. The number of carbonyl (C=O) groups excluding carboxylic acids is 1. The summed E-state index contributed by atoms with van der Waals surface area (Å²) in [7, 11) is 5.83. The van der Waals surface area contributed by atoms with Crippen LogP contribution in [0.5, 0.6) is 5.75 Å². The monoisotopic (exact) mass is 445 g/mol. The van der Waals surface area contributed by atoms with E-state index in [1.54, 1.807) is 16.7 Å². The van der Waals surface area contributed by atoms with Gasteiger partial charge in [0, 0.05) is 23.3 Å². The summed E-state index contributed by atoms with van der Waals surface area (Å²) in [6, 6.07) is 15.7. The van der Waals surface area contributed by atoms with E-state index in [1.807, 2.05) is 36.4 Å². The van der Waals surface area contributed by atoms with E-state index in [4.69, 9.17) is 4.74 Å². The first kappa shape index (κ1) is 21.3. The van der Waals surface area contributed by atoms with Crippen LogP contribution < -0.4 is 9.64 Å². The second-order valence-electron chi connectivity index (χ2n) is 8.85. The third kappa shape index (κ3) is 3.51. The Morgan fingerprint density at radius 2 is 1.73 bits per heavy atom. The lowest BCUT2D eigenvalue weighted by Gasteiger charge is -2.29. The first-order valence-electron chi connectivity index (χ1n) is 11.1. The standard InChI is InChI=1S/C25H27N5O3/c1-28(2)25(13-14-25)17-4-6-18(7-5-17)29-15-12-21-22(16-26-32)27-30(23(21)24(29)31)19-8-10-20(33-3)11-9-19/h4-11H,12-16H2,1-3H3. The Bertz CT molecular complexity index is 1190. The predicted octanol–water partition coefficient (Wildman–Crippen LogP) is 3.90. The van der Waals surface area contributed by atoms with Crippen LogP contribution in [0.1, 0.15) is 40.2 Å². The van der Waals surface area contributed by atoms with Crippen molar-refractivity contribution in [2.24, 2.45) is 5.18 Å². The van der Waals surface area contributed by atoms with Crippen molar-refractivity contribution in [3.63, 3.8) is 0 Å². The molecule has 5 rings (SSSR count). The molecule has 0 bridgehead atoms. The first-order chi connectivity index (χ1) is 16.0. The fraction of sp³-hybridized carbons (Fsp3) is 0.360. The number of aromatic nitrogens is 2. The van der Waals surface area contributed by atoms with Gasteiger partial charge >= 0.3 is 0 Å². The third-order valence-corrected chi connectivity index (χ3v) is 6.93. The molecule has 0 saturated heterocycles. The number of fused-ring (bicyclic) bond motifs is 1. The minimum absolute atomic E-state index is 0.0555. The maximum atomic E-state index is 13.7. The SMILES string of the molecule is COc1ccc(-n2nc(CN=O)c3c2C(=O)N(c2ccc(C4(N(C)C)CC4)cc2)CC3)cc1. The molecule has 1 fully saturated rings. The Morgan fingerprint density at radius 1 is 1.06 bits per heavy atom. The maximum Gasteiger partial charge on any atom is 0.277 e. The fourth-order valence-electron chi connectivity index (χ4n) is 4.84. The molecule has 0 N–H and O–H groups in total. The van der Waals surface area contributed by atoms with E-state index >= 15 is 0 Å². The Hall–Kier alpha value is -3.52. The molecule has 1 aromatic heterocycles. The van der Waals surface area contributed by atoms with Gasteiger partial charge in [-0.25, -0.2) is 4.68 Å². The summed E-state index contributed by atoms with van der Waals surface area (Å²) in [6.45, 7) is 0.476. The lowest BCUT2D eigenvalue weighted by atomic mass is 10.0. The van der Waals surface area contributed by atoms with Gasteiger partial charge < -0.3 is 9.64 Å². The molecule has 2 heterocycles. The van der Waals surface area contributed by atoms with E-state index in [2.05, 4.69) is 41.4 Å². The largest absolute Gasteiger partial charge is 0.497 e. The van der Waals surface area contributed by atoms with E-state index in [-0.39, 0.29) is 18.0 Å². The van der Waals surface area contributed by atoms with E-state index in [0.29, 0.717) is 30.1 Å². The van der Waals surface area contributed by atoms with Gasteiger partial charge in [0.1, 0.15) is 18.0 Å². The molecule has 0 spiro atoms. The first-order valence-corrected chi connectivity index (χ1v) is 11.1. The molecule has 0 atom stereocenters. The number of methoxy groups -OCH3 is 1. The Balaban J connectivity index is 1.50. The summed E-state index contributed by atoms with van der Waals surface area (Å²) in [5.74, 6) is 0.590. The topological polar surface area (TPSA) is 80.0 Å². The number of nitrogens with zero attached hydrogens (tertiary/aromatic N) is 5. The highest BCUT2D eigenvalue weighted by Gasteiger charge is 2.46. The molecule has 1 amide bonds. The van der Waals surface area contributed by atoms with Crippen LogP contribution >= 0.6 is 0 Å². The molecule has 8 heteroatoms. The van der Waals surface area contributed by atoms with Crippen molar-refractivity contribution < 1.29 is 9.53 Å². The van der Waals surface area contributed by atoms with Crippen molar-refractivity contribution in [3.05, 3.63) is 76.0 Å². The van der Waals surface area contributed by atoms with Crippen LogP contribution in [-0.4, -0.2) is 48.3 Å². The smallest absolute Gasteiger partial charge is 0.277 e. The van der Waals surface area contributed by atoms with E-state index in [1.165, 1.54) is 5.56 Å². The fourth-order valence-corrected chi connectivity index (χ4v) is 4.84. The van der Waals surface area contributed by atoms with Crippen molar-refractivity contribution in [1.82, 2.24) is 14.7 Å². The summed E-state index contributed by atoms with van der Waals surface area (Å²) in [4.78, 5) is 28.8. The number of amides is 1. The Morgan fingerprint density at radius 3 is 2.30 bits per heavy atom. The van der Waals surface area contributed by atoms with Gasteiger partial charge in [0.25, 0.3) is 5.91 Å². The van der Waals surface area contributed by atoms with E-state index in [0.717, 1.165) is 29.8 Å². The Kier molecular flexibility index (Phi) is 5.25. The van der Waals surface area contributed by atoms with Crippen molar-refractivity contribution >= 4 is 11.6 Å². The molecule has 2 aliphatic rings. The maximum absolute atomic E-state index is 13.7. The van der Waals surface area contributed by atoms with E-state index < -0.39 is 0 Å². The summed E-state index contributed by atoms with van der Waals surface area (Å²) >= 11 is 0. The molecule has 33 heavy (non-hydrogen) atoms. The highest BCUT2D eigenvalue weighted by Crippen LogP contribution is 2.49. The molecular weight excluding hydrogens is 418 g/mol. The molecule has 0 unspecified atom stereocenters. The highest BCUT2D eigenvalue weighted by molar-refractivity contribution is 6.07. The molecule has 1 aliphatic carbocycles. The zero-order valence-corrected chi connectivity index (χ0v) is 19.1. The molecule has 0 radical (unpaired) electrons. The summed E-state index contributed by atoms with van der Waals surface area (Å²) in [5.41, 5.74) is 4.85. The molecule has 1 aliphatic heterocycles. The minimum Gasteiger partial charge on any atom is -0.497 e. The van der Waals surface area contributed by atoms with Gasteiger partial charge in [0.15, 0.2) is 0 Å². The van der Waals surface area contributed by atoms with E-state index in [9.17, 15) is 9.70 Å². The second-order valence-corrected chi connectivity index (χ2v) is 8.85. The molecule has 3 aromatic rings. The predicted molar refractivity (Wildman–Crippen MR) is 126 cm³/mol. The lowest BCUT2D eigenvalue weighted by Crippen LogP contribution is -2.39. The van der Waals surface area contributed by atoms with Crippen LogP contribution in [0.4, 0.5) is 5.69 Å². The van der Waals surface area contributed by atoms with Gasteiger partial charge in [-0.2, -0.15) is 10.0 Å². The Labute approximate surface area is 192 Å². The summed E-state index contributed by atoms with van der Waals surface area (Å²) in [5, 5.41) is 7.62. The van der Waals surface area contributed by atoms with Crippen LogP contribution in [0, 0.1) is 4.91 Å². The molecule has 2 aromatic carbocycles. The molecule has 8 nitrogen and oxygen atoms in total. The van der Waals surface area contributed by atoms with Gasteiger partial charge in [-0.15, -0.1) is 0 Å². The lowest BCUT2D eigenvalue weighted by molar-refractivity contribution is 0.0973.